The van der Waals surface area contributed by atoms with Gasteiger partial charge in [-0.2, -0.15) is 5.10 Å². The molecule has 0 aliphatic heterocycles. The molecule has 4 rings (SSSR count). The lowest BCUT2D eigenvalue weighted by molar-refractivity contribution is 0.0939. The van der Waals surface area contributed by atoms with Gasteiger partial charge in [0.1, 0.15) is 0 Å². The van der Waals surface area contributed by atoms with Crippen LogP contribution >= 0.6 is 0 Å². The monoisotopic (exact) mass is 391 g/mol. The van der Waals surface area contributed by atoms with E-state index >= 15 is 0 Å². The highest BCUT2D eigenvalue weighted by Gasteiger charge is 2.25. The molecule has 1 atom stereocenters. The summed E-state index contributed by atoms with van der Waals surface area (Å²) < 4.78 is 1.86. The molecule has 2 aromatic heterocycles. The van der Waals surface area contributed by atoms with E-state index in [1.54, 1.807) is 6.20 Å². The number of aryl methyl sites for hydroxylation is 1. The molecule has 3 aromatic rings. The van der Waals surface area contributed by atoms with Crippen LogP contribution in [0.15, 0.2) is 36.7 Å². The maximum atomic E-state index is 13.2. The van der Waals surface area contributed by atoms with E-state index in [9.17, 15) is 4.79 Å². The summed E-state index contributed by atoms with van der Waals surface area (Å²) in [4.78, 5) is 17.8. The van der Waals surface area contributed by atoms with Gasteiger partial charge in [-0.05, 0) is 43.7 Å². The van der Waals surface area contributed by atoms with Crippen LogP contribution in [0, 0.1) is 5.92 Å². The van der Waals surface area contributed by atoms with Crippen molar-refractivity contribution in [1.82, 2.24) is 20.1 Å². The molecule has 0 unspecified atom stereocenters. The van der Waals surface area contributed by atoms with Gasteiger partial charge in [0.2, 0.25) is 0 Å². The minimum Gasteiger partial charge on any atom is -0.381 e. The van der Waals surface area contributed by atoms with Crippen molar-refractivity contribution in [2.75, 3.05) is 5.32 Å². The third-order valence-electron chi connectivity index (χ3n) is 5.97. The first-order valence-electron chi connectivity index (χ1n) is 10.5. The van der Waals surface area contributed by atoms with Crippen LogP contribution in [0.2, 0.25) is 0 Å². The van der Waals surface area contributed by atoms with E-state index in [1.807, 2.05) is 17.8 Å². The lowest BCUT2D eigenvalue weighted by atomic mass is 10.0. The average Bonchev–Trinajstić information content (AvgIpc) is 3.30. The van der Waals surface area contributed by atoms with E-state index < -0.39 is 0 Å². The quantitative estimate of drug-likeness (QED) is 0.670. The molecule has 0 bridgehead atoms. The molecule has 0 saturated carbocycles. The van der Waals surface area contributed by atoms with Gasteiger partial charge in [-0.15, -0.1) is 0 Å². The molecule has 2 heterocycles. The molecular weight excluding hydrogens is 362 g/mol. The number of amides is 1. The van der Waals surface area contributed by atoms with Gasteiger partial charge in [-0.25, -0.2) is 9.67 Å². The fourth-order valence-corrected chi connectivity index (χ4v) is 3.90. The molecule has 1 aromatic carbocycles. The minimum absolute atomic E-state index is 0.0834. The zero-order valence-electron chi connectivity index (χ0n) is 17.6. The molecule has 0 radical (unpaired) electrons. The average molecular weight is 392 g/mol. The molecule has 0 saturated heterocycles. The number of anilines is 1. The van der Waals surface area contributed by atoms with E-state index in [0.29, 0.717) is 11.5 Å². The van der Waals surface area contributed by atoms with Gasteiger partial charge in [-0.1, -0.05) is 38.1 Å². The minimum atomic E-state index is -0.0834. The second-order valence-corrected chi connectivity index (χ2v) is 8.27. The molecule has 1 amide bonds. The van der Waals surface area contributed by atoms with Gasteiger partial charge in [0.15, 0.2) is 5.65 Å². The summed E-state index contributed by atoms with van der Waals surface area (Å²) in [6, 6.07) is 8.73. The van der Waals surface area contributed by atoms with Crippen molar-refractivity contribution in [2.45, 2.75) is 59.2 Å². The number of hydrogen-bond acceptors (Lipinski definition) is 4. The summed E-state index contributed by atoms with van der Waals surface area (Å²) in [5.41, 5.74) is 4.85. The number of fused-ring (bicyclic) bond motifs is 2. The Balaban J connectivity index is 1.64. The number of hydrogen-bond donors (Lipinski definition) is 2. The Morgan fingerprint density at radius 3 is 2.48 bits per heavy atom. The predicted molar refractivity (Wildman–Crippen MR) is 116 cm³/mol. The summed E-state index contributed by atoms with van der Waals surface area (Å²) >= 11 is 0. The molecule has 29 heavy (non-hydrogen) atoms. The SMILES string of the molecule is CCn1ncc2c(N[C@H](C)C(C)C)c(C(=O)NC3Cc4ccccc4C3)cnc21. The molecule has 1 aliphatic carbocycles. The Bertz CT molecular complexity index is 1010. The number of carbonyl (C=O) groups is 1. The topological polar surface area (TPSA) is 71.8 Å². The number of benzene rings is 1. The van der Waals surface area contributed by atoms with E-state index in [1.165, 1.54) is 11.1 Å². The Kier molecular flexibility index (Phi) is 5.26. The van der Waals surface area contributed by atoms with Gasteiger partial charge < -0.3 is 10.6 Å². The highest BCUT2D eigenvalue weighted by atomic mass is 16.1. The summed E-state index contributed by atoms with van der Waals surface area (Å²) in [6.07, 6.45) is 5.24. The van der Waals surface area contributed by atoms with Crippen LogP contribution < -0.4 is 10.6 Å². The number of rotatable bonds is 6. The first-order valence-corrected chi connectivity index (χ1v) is 10.5. The Labute approximate surface area is 171 Å². The van der Waals surface area contributed by atoms with Crippen LogP contribution in [0.1, 0.15) is 49.2 Å². The first kappa shape index (κ1) is 19.4. The Morgan fingerprint density at radius 1 is 1.17 bits per heavy atom. The smallest absolute Gasteiger partial charge is 0.255 e. The summed E-state index contributed by atoms with van der Waals surface area (Å²) in [5, 5.41) is 12.1. The third-order valence-corrected chi connectivity index (χ3v) is 5.97. The molecule has 0 fully saturated rings. The molecular formula is C23H29N5O. The second-order valence-electron chi connectivity index (χ2n) is 8.27. The van der Waals surface area contributed by atoms with E-state index in [0.717, 1.165) is 36.1 Å². The van der Waals surface area contributed by atoms with Gasteiger partial charge in [0, 0.05) is 24.8 Å². The van der Waals surface area contributed by atoms with E-state index in [-0.39, 0.29) is 18.0 Å². The van der Waals surface area contributed by atoms with Crippen molar-refractivity contribution in [3.05, 3.63) is 53.3 Å². The molecule has 2 N–H and O–H groups in total. The van der Waals surface area contributed by atoms with E-state index in [2.05, 4.69) is 65.8 Å². The predicted octanol–water partition coefficient (Wildman–Crippen LogP) is 3.80. The third kappa shape index (κ3) is 3.71. The van der Waals surface area contributed by atoms with Gasteiger partial charge in [0.05, 0.1) is 22.8 Å². The fraction of sp³-hybridized carbons (Fsp3) is 0.435. The van der Waals surface area contributed by atoms with Crippen molar-refractivity contribution < 1.29 is 4.79 Å². The normalized spacial score (nSPS) is 14.9. The summed E-state index contributed by atoms with van der Waals surface area (Å²) in [7, 11) is 0. The number of nitrogens with one attached hydrogen (secondary N) is 2. The van der Waals surface area contributed by atoms with Crippen LogP contribution in [-0.4, -0.2) is 32.8 Å². The Hall–Kier alpha value is -2.89. The van der Waals surface area contributed by atoms with Crippen molar-refractivity contribution in [3.8, 4) is 0 Å². The number of nitrogens with zero attached hydrogens (tertiary/aromatic N) is 3. The van der Waals surface area contributed by atoms with Crippen LogP contribution in [0.4, 0.5) is 5.69 Å². The summed E-state index contributed by atoms with van der Waals surface area (Å²) in [5.74, 6) is 0.347. The second kappa shape index (κ2) is 7.85. The number of carbonyl (C=O) groups excluding carboxylic acids is 1. The van der Waals surface area contributed by atoms with Crippen LogP contribution in [0.25, 0.3) is 11.0 Å². The van der Waals surface area contributed by atoms with E-state index in [4.69, 9.17) is 0 Å². The van der Waals surface area contributed by atoms with Gasteiger partial charge in [-0.3, -0.25) is 4.79 Å². The molecule has 6 nitrogen and oxygen atoms in total. The fourth-order valence-electron chi connectivity index (χ4n) is 3.90. The number of pyridine rings is 1. The molecule has 152 valence electrons. The standard InChI is InChI=1S/C23H29N5O/c1-5-28-22-19(13-25-28)21(26-15(4)14(2)3)20(12-24-22)23(29)27-18-10-16-8-6-7-9-17(16)11-18/h6-9,12-15,18H,5,10-11H2,1-4H3,(H,24,26)(H,27,29)/t15-/m1/s1. The molecule has 1 aliphatic rings. The van der Waals surface area contributed by atoms with Crippen molar-refractivity contribution in [2.24, 2.45) is 5.92 Å². The Morgan fingerprint density at radius 2 is 1.86 bits per heavy atom. The zero-order chi connectivity index (χ0) is 20.5. The lowest BCUT2D eigenvalue weighted by Gasteiger charge is -2.22. The van der Waals surface area contributed by atoms with Crippen molar-refractivity contribution in [1.29, 1.82) is 0 Å². The highest BCUT2D eigenvalue weighted by molar-refractivity contribution is 6.06. The first-order chi connectivity index (χ1) is 14.0. The van der Waals surface area contributed by atoms with Crippen LogP contribution in [-0.2, 0) is 19.4 Å². The van der Waals surface area contributed by atoms with Crippen molar-refractivity contribution >= 4 is 22.6 Å². The summed E-state index contributed by atoms with van der Waals surface area (Å²) in [6.45, 7) is 9.25. The number of aromatic nitrogens is 3. The molecule has 6 heteroatoms. The van der Waals surface area contributed by atoms with Crippen molar-refractivity contribution in [3.63, 3.8) is 0 Å². The maximum Gasteiger partial charge on any atom is 0.255 e. The largest absolute Gasteiger partial charge is 0.381 e. The van der Waals surface area contributed by atoms with Crippen LogP contribution in [0.5, 0.6) is 0 Å². The van der Waals surface area contributed by atoms with Gasteiger partial charge in [0.25, 0.3) is 5.91 Å². The van der Waals surface area contributed by atoms with Gasteiger partial charge >= 0.3 is 0 Å². The zero-order valence-corrected chi connectivity index (χ0v) is 17.6. The van der Waals surface area contributed by atoms with Crippen LogP contribution in [0.3, 0.4) is 0 Å². The lowest BCUT2D eigenvalue weighted by Crippen LogP contribution is -2.36. The maximum absolute atomic E-state index is 13.2. The molecule has 0 spiro atoms. The highest BCUT2D eigenvalue weighted by Crippen LogP contribution is 2.28.